The number of rotatable bonds is 1. The molecule has 17 heavy (non-hydrogen) atoms. The van der Waals surface area contributed by atoms with Gasteiger partial charge >= 0.3 is 0 Å². The average molecular weight is 269 g/mol. The van der Waals surface area contributed by atoms with E-state index in [1.807, 2.05) is 6.26 Å². The lowest BCUT2D eigenvalue weighted by Crippen LogP contribution is -1.88. The second kappa shape index (κ2) is 4.93. The normalized spacial score (nSPS) is 17.6. The van der Waals surface area contributed by atoms with E-state index in [1.54, 1.807) is 0 Å². The third-order valence-electron chi connectivity index (χ3n) is 2.05. The summed E-state index contributed by atoms with van der Waals surface area (Å²) in [6.07, 6.45) is 3.26. The minimum Gasteiger partial charge on any atom is -0.507 e. The van der Waals surface area contributed by atoms with Gasteiger partial charge in [-0.3, -0.25) is 4.79 Å². The van der Waals surface area contributed by atoms with E-state index in [0.717, 1.165) is 6.07 Å². The van der Waals surface area contributed by atoms with Gasteiger partial charge in [-0.2, -0.15) is 4.99 Å². The van der Waals surface area contributed by atoms with Crippen LogP contribution in [0.3, 0.4) is 0 Å². The molecule has 0 unspecified atom stereocenters. The summed E-state index contributed by atoms with van der Waals surface area (Å²) in [5.74, 6) is -0.885. The molecule has 1 aliphatic heterocycles. The summed E-state index contributed by atoms with van der Waals surface area (Å²) in [5.41, 5.74) is 0.276. The van der Waals surface area contributed by atoms with Crippen molar-refractivity contribution in [2.75, 3.05) is 6.26 Å². The highest BCUT2D eigenvalue weighted by atomic mass is 32.2. The Morgan fingerprint density at radius 3 is 2.94 bits per heavy atom. The SMILES string of the molecule is CSC1=NC(=O)C(=Cc2cc(F)ccc2O)S1. The molecule has 1 aromatic carbocycles. The molecule has 0 atom stereocenters. The number of hydrogen-bond acceptors (Lipinski definition) is 4. The number of aliphatic imine (C=N–C) groups is 1. The highest BCUT2D eigenvalue weighted by Gasteiger charge is 2.21. The average Bonchev–Trinajstić information content (AvgIpc) is 2.65. The summed E-state index contributed by atoms with van der Waals surface area (Å²) in [6, 6.07) is 3.58. The topological polar surface area (TPSA) is 49.7 Å². The summed E-state index contributed by atoms with van der Waals surface area (Å²) in [4.78, 5) is 15.7. The van der Waals surface area contributed by atoms with Gasteiger partial charge in [-0.1, -0.05) is 11.8 Å². The number of aromatic hydroxyl groups is 1. The maximum absolute atomic E-state index is 13.0. The molecular weight excluding hydrogens is 261 g/mol. The predicted octanol–water partition coefficient (Wildman–Crippen LogP) is 2.86. The molecule has 1 amide bonds. The Balaban J connectivity index is 2.32. The summed E-state index contributed by atoms with van der Waals surface area (Å²) < 4.78 is 13.6. The zero-order valence-corrected chi connectivity index (χ0v) is 10.4. The first-order valence-corrected chi connectivity index (χ1v) is 6.69. The number of carbonyl (C=O) groups excluding carboxylic acids is 1. The highest BCUT2D eigenvalue weighted by Crippen LogP contribution is 2.34. The lowest BCUT2D eigenvalue weighted by atomic mass is 10.2. The summed E-state index contributed by atoms with van der Waals surface area (Å²) in [7, 11) is 0. The van der Waals surface area contributed by atoms with Crippen LogP contribution in [0, 0.1) is 5.82 Å². The molecule has 0 aromatic heterocycles. The Hall–Kier alpha value is -1.27. The van der Waals surface area contributed by atoms with Crippen molar-refractivity contribution in [2.24, 2.45) is 4.99 Å². The second-order valence-corrected chi connectivity index (χ2v) is 5.28. The van der Waals surface area contributed by atoms with Crippen LogP contribution in [0.5, 0.6) is 5.75 Å². The first-order valence-electron chi connectivity index (χ1n) is 4.65. The number of amides is 1. The van der Waals surface area contributed by atoms with Crippen molar-refractivity contribution in [3.05, 3.63) is 34.5 Å². The monoisotopic (exact) mass is 269 g/mol. The number of thioether (sulfide) groups is 2. The fraction of sp³-hybridized carbons (Fsp3) is 0.0909. The van der Waals surface area contributed by atoms with Crippen LogP contribution in [-0.4, -0.2) is 21.6 Å². The molecule has 0 fully saturated rings. The molecular formula is C11H8FNO2S2. The maximum Gasteiger partial charge on any atom is 0.285 e. The van der Waals surface area contributed by atoms with Gasteiger partial charge in [0.05, 0.1) is 4.91 Å². The van der Waals surface area contributed by atoms with Gasteiger partial charge < -0.3 is 5.11 Å². The molecule has 6 heteroatoms. The fourth-order valence-electron chi connectivity index (χ4n) is 1.26. The Labute approximate surface area is 106 Å². The molecule has 2 rings (SSSR count). The third kappa shape index (κ3) is 2.70. The van der Waals surface area contributed by atoms with Crippen LogP contribution in [0.1, 0.15) is 5.56 Å². The number of nitrogens with zero attached hydrogens (tertiary/aromatic N) is 1. The van der Waals surface area contributed by atoms with Crippen molar-refractivity contribution in [1.29, 1.82) is 0 Å². The second-order valence-electron chi connectivity index (χ2n) is 3.20. The smallest absolute Gasteiger partial charge is 0.285 e. The van der Waals surface area contributed by atoms with Gasteiger partial charge in [-0.15, -0.1) is 11.8 Å². The molecule has 0 radical (unpaired) electrons. The molecule has 88 valence electrons. The summed E-state index contributed by atoms with van der Waals surface area (Å²) >= 11 is 2.59. The Kier molecular flexibility index (Phi) is 3.54. The van der Waals surface area contributed by atoms with Gasteiger partial charge in [0.1, 0.15) is 15.9 Å². The predicted molar refractivity (Wildman–Crippen MR) is 69.6 cm³/mol. The summed E-state index contributed by atoms with van der Waals surface area (Å²) in [6.45, 7) is 0. The van der Waals surface area contributed by atoms with Gasteiger partial charge in [0.15, 0.2) is 0 Å². The zero-order chi connectivity index (χ0) is 12.4. The number of phenolic OH excluding ortho intramolecular Hbond substituents is 1. The van der Waals surface area contributed by atoms with Crippen LogP contribution in [0.2, 0.25) is 0 Å². The molecule has 0 saturated carbocycles. The Bertz CT molecular complexity index is 540. The van der Waals surface area contributed by atoms with Crippen molar-refractivity contribution < 1.29 is 14.3 Å². The molecule has 0 bridgehead atoms. The Morgan fingerprint density at radius 2 is 2.29 bits per heavy atom. The molecule has 0 saturated heterocycles. The summed E-state index contributed by atoms with van der Waals surface area (Å²) in [5, 5.41) is 9.53. The van der Waals surface area contributed by atoms with Crippen LogP contribution >= 0.6 is 23.5 Å². The highest BCUT2D eigenvalue weighted by molar-refractivity contribution is 8.40. The van der Waals surface area contributed by atoms with E-state index in [1.165, 1.54) is 41.7 Å². The quantitative estimate of drug-likeness (QED) is 0.796. The van der Waals surface area contributed by atoms with E-state index in [0.29, 0.717) is 9.28 Å². The lowest BCUT2D eigenvalue weighted by Gasteiger charge is -2.00. The molecule has 1 N–H and O–H groups in total. The van der Waals surface area contributed by atoms with Crippen molar-refractivity contribution >= 4 is 39.9 Å². The minimum atomic E-state index is -0.462. The lowest BCUT2D eigenvalue weighted by molar-refractivity contribution is -0.113. The minimum absolute atomic E-state index is 0.0649. The first kappa shape index (κ1) is 12.2. The largest absolute Gasteiger partial charge is 0.507 e. The van der Waals surface area contributed by atoms with Crippen LogP contribution in [0.25, 0.3) is 6.08 Å². The molecule has 0 aliphatic carbocycles. The van der Waals surface area contributed by atoms with Crippen LogP contribution < -0.4 is 0 Å². The number of carbonyl (C=O) groups is 1. The van der Waals surface area contributed by atoms with Gasteiger partial charge in [0.2, 0.25) is 0 Å². The van der Waals surface area contributed by atoms with Gasteiger partial charge in [-0.25, -0.2) is 4.39 Å². The van der Waals surface area contributed by atoms with E-state index >= 15 is 0 Å². The van der Waals surface area contributed by atoms with E-state index in [4.69, 9.17) is 0 Å². The van der Waals surface area contributed by atoms with Crippen molar-refractivity contribution in [3.8, 4) is 5.75 Å². The van der Waals surface area contributed by atoms with E-state index in [9.17, 15) is 14.3 Å². The molecule has 3 nitrogen and oxygen atoms in total. The van der Waals surface area contributed by atoms with Gasteiger partial charge in [0.25, 0.3) is 5.91 Å². The number of hydrogen-bond donors (Lipinski definition) is 1. The Morgan fingerprint density at radius 1 is 1.53 bits per heavy atom. The fourth-order valence-corrected chi connectivity index (χ4v) is 2.67. The van der Waals surface area contributed by atoms with Gasteiger partial charge in [0, 0.05) is 5.56 Å². The van der Waals surface area contributed by atoms with Crippen LogP contribution in [-0.2, 0) is 4.79 Å². The van der Waals surface area contributed by atoms with Gasteiger partial charge in [-0.05, 0) is 30.5 Å². The van der Waals surface area contributed by atoms with E-state index in [2.05, 4.69) is 4.99 Å². The molecule has 0 spiro atoms. The molecule has 1 heterocycles. The molecule has 1 aromatic rings. The number of halogens is 1. The van der Waals surface area contributed by atoms with E-state index in [-0.39, 0.29) is 17.2 Å². The maximum atomic E-state index is 13.0. The van der Waals surface area contributed by atoms with Crippen LogP contribution in [0.15, 0.2) is 28.1 Å². The first-order chi connectivity index (χ1) is 8.10. The third-order valence-corrected chi connectivity index (χ3v) is 4.02. The zero-order valence-electron chi connectivity index (χ0n) is 8.81. The van der Waals surface area contributed by atoms with Crippen molar-refractivity contribution in [1.82, 2.24) is 0 Å². The number of benzene rings is 1. The standard InChI is InChI=1S/C11H8FNO2S2/c1-16-11-13-10(15)9(17-11)5-6-4-7(12)2-3-8(6)14/h2-5,14H,1H3. The van der Waals surface area contributed by atoms with E-state index < -0.39 is 5.82 Å². The van der Waals surface area contributed by atoms with Crippen molar-refractivity contribution in [3.63, 3.8) is 0 Å². The molecule has 1 aliphatic rings. The number of phenols is 1. The van der Waals surface area contributed by atoms with Crippen LogP contribution in [0.4, 0.5) is 4.39 Å². The van der Waals surface area contributed by atoms with Crippen molar-refractivity contribution in [2.45, 2.75) is 0 Å².